The SMILES string of the molecule is CCC(C)Nc1cc(C(=O)Nc2ccc(C)cc2Br)ccn1. The number of aryl methyl sites for hydroxylation is 1. The van der Waals surface area contributed by atoms with Crippen molar-refractivity contribution in [3.8, 4) is 0 Å². The van der Waals surface area contributed by atoms with Crippen LogP contribution in [0, 0.1) is 6.92 Å². The van der Waals surface area contributed by atoms with Gasteiger partial charge in [-0.25, -0.2) is 4.98 Å². The van der Waals surface area contributed by atoms with Crippen LogP contribution in [-0.2, 0) is 0 Å². The van der Waals surface area contributed by atoms with Gasteiger partial charge in [0.1, 0.15) is 5.82 Å². The second-order valence-corrected chi connectivity index (χ2v) is 6.18. The van der Waals surface area contributed by atoms with Gasteiger partial charge in [0.25, 0.3) is 5.91 Å². The average Bonchev–Trinajstić information content (AvgIpc) is 2.50. The Morgan fingerprint density at radius 3 is 2.77 bits per heavy atom. The van der Waals surface area contributed by atoms with Crippen molar-refractivity contribution in [2.45, 2.75) is 33.2 Å². The maximum Gasteiger partial charge on any atom is 0.255 e. The van der Waals surface area contributed by atoms with Gasteiger partial charge in [-0.1, -0.05) is 13.0 Å². The Kier molecular flexibility index (Phi) is 5.55. The molecule has 1 amide bonds. The zero-order chi connectivity index (χ0) is 16.1. The van der Waals surface area contributed by atoms with Crippen molar-refractivity contribution in [2.24, 2.45) is 0 Å². The number of pyridine rings is 1. The molecular weight excluding hydrogens is 342 g/mol. The molecule has 0 bridgehead atoms. The predicted octanol–water partition coefficient (Wildman–Crippen LogP) is 4.62. The molecule has 2 aromatic rings. The van der Waals surface area contributed by atoms with E-state index in [1.54, 1.807) is 18.3 Å². The zero-order valence-corrected chi connectivity index (χ0v) is 14.6. The summed E-state index contributed by atoms with van der Waals surface area (Å²) in [4.78, 5) is 16.6. The topological polar surface area (TPSA) is 54.0 Å². The van der Waals surface area contributed by atoms with Crippen molar-refractivity contribution in [3.05, 3.63) is 52.1 Å². The molecule has 22 heavy (non-hydrogen) atoms. The van der Waals surface area contributed by atoms with Crippen LogP contribution in [0.3, 0.4) is 0 Å². The molecule has 1 heterocycles. The van der Waals surface area contributed by atoms with Gasteiger partial charge in [-0.3, -0.25) is 4.79 Å². The van der Waals surface area contributed by atoms with Crippen LogP contribution in [0.15, 0.2) is 41.0 Å². The summed E-state index contributed by atoms with van der Waals surface area (Å²) in [6.07, 6.45) is 2.64. The number of halogens is 1. The molecule has 4 nitrogen and oxygen atoms in total. The minimum atomic E-state index is -0.154. The summed E-state index contributed by atoms with van der Waals surface area (Å²) in [7, 11) is 0. The van der Waals surface area contributed by atoms with E-state index in [-0.39, 0.29) is 5.91 Å². The molecule has 0 aliphatic heterocycles. The van der Waals surface area contributed by atoms with Crippen LogP contribution in [0.1, 0.15) is 36.2 Å². The van der Waals surface area contributed by atoms with Crippen LogP contribution < -0.4 is 10.6 Å². The highest BCUT2D eigenvalue weighted by Crippen LogP contribution is 2.24. The van der Waals surface area contributed by atoms with Crippen molar-refractivity contribution in [1.82, 2.24) is 4.98 Å². The Morgan fingerprint density at radius 2 is 2.09 bits per heavy atom. The fraction of sp³-hybridized carbons (Fsp3) is 0.294. The van der Waals surface area contributed by atoms with Gasteiger partial charge in [0.05, 0.1) is 5.69 Å². The summed E-state index contributed by atoms with van der Waals surface area (Å²) in [5, 5.41) is 6.18. The highest BCUT2D eigenvalue weighted by molar-refractivity contribution is 9.10. The van der Waals surface area contributed by atoms with Crippen LogP contribution in [0.25, 0.3) is 0 Å². The first-order chi connectivity index (χ1) is 10.5. The fourth-order valence-electron chi connectivity index (χ4n) is 1.92. The number of nitrogens with one attached hydrogen (secondary N) is 2. The van der Waals surface area contributed by atoms with Crippen molar-refractivity contribution >= 4 is 33.3 Å². The van der Waals surface area contributed by atoms with Crippen molar-refractivity contribution in [2.75, 3.05) is 10.6 Å². The molecule has 0 saturated heterocycles. The standard InChI is InChI=1S/C17H20BrN3O/c1-4-12(3)20-16-10-13(7-8-19-16)17(22)21-15-6-5-11(2)9-14(15)18/h5-10,12H,4H2,1-3H3,(H,19,20)(H,21,22). The molecule has 1 atom stereocenters. The smallest absolute Gasteiger partial charge is 0.255 e. The lowest BCUT2D eigenvalue weighted by atomic mass is 10.2. The first-order valence-electron chi connectivity index (χ1n) is 7.29. The van der Waals surface area contributed by atoms with E-state index in [4.69, 9.17) is 0 Å². The normalized spacial score (nSPS) is 11.8. The van der Waals surface area contributed by atoms with E-state index in [1.165, 1.54) is 0 Å². The van der Waals surface area contributed by atoms with E-state index < -0.39 is 0 Å². The van der Waals surface area contributed by atoms with Crippen LogP contribution >= 0.6 is 15.9 Å². The number of hydrogen-bond acceptors (Lipinski definition) is 3. The molecule has 1 aromatic carbocycles. The number of aromatic nitrogens is 1. The Morgan fingerprint density at radius 1 is 1.32 bits per heavy atom. The Labute approximate surface area is 139 Å². The Hall–Kier alpha value is -1.88. The summed E-state index contributed by atoms with van der Waals surface area (Å²) < 4.78 is 0.868. The maximum absolute atomic E-state index is 12.4. The van der Waals surface area contributed by atoms with Gasteiger partial charge in [0, 0.05) is 22.3 Å². The van der Waals surface area contributed by atoms with E-state index in [0.717, 1.165) is 22.1 Å². The van der Waals surface area contributed by atoms with Gasteiger partial charge in [-0.15, -0.1) is 0 Å². The summed E-state index contributed by atoms with van der Waals surface area (Å²) in [6, 6.07) is 9.61. The quantitative estimate of drug-likeness (QED) is 0.816. The molecule has 2 rings (SSSR count). The second kappa shape index (κ2) is 7.40. The average molecular weight is 362 g/mol. The second-order valence-electron chi connectivity index (χ2n) is 5.32. The largest absolute Gasteiger partial charge is 0.368 e. The fourth-order valence-corrected chi connectivity index (χ4v) is 2.51. The Balaban J connectivity index is 2.14. The lowest BCUT2D eigenvalue weighted by molar-refractivity contribution is 0.102. The van der Waals surface area contributed by atoms with Crippen molar-refractivity contribution in [1.29, 1.82) is 0 Å². The van der Waals surface area contributed by atoms with E-state index in [9.17, 15) is 4.79 Å². The van der Waals surface area contributed by atoms with Crippen LogP contribution in [-0.4, -0.2) is 16.9 Å². The molecule has 116 valence electrons. The van der Waals surface area contributed by atoms with Crippen LogP contribution in [0.5, 0.6) is 0 Å². The summed E-state index contributed by atoms with van der Waals surface area (Å²) in [5.74, 6) is 0.559. The monoisotopic (exact) mass is 361 g/mol. The van der Waals surface area contributed by atoms with E-state index >= 15 is 0 Å². The number of carbonyl (C=O) groups is 1. The minimum Gasteiger partial charge on any atom is -0.368 e. The van der Waals surface area contributed by atoms with Crippen molar-refractivity contribution < 1.29 is 4.79 Å². The number of nitrogens with zero attached hydrogens (tertiary/aromatic N) is 1. The summed E-state index contributed by atoms with van der Waals surface area (Å²) in [5.41, 5.74) is 2.46. The van der Waals surface area contributed by atoms with E-state index in [2.05, 4.69) is 45.4 Å². The molecule has 1 unspecified atom stereocenters. The van der Waals surface area contributed by atoms with Gasteiger partial charge >= 0.3 is 0 Å². The van der Waals surface area contributed by atoms with E-state index in [0.29, 0.717) is 17.4 Å². The van der Waals surface area contributed by atoms with Gasteiger partial charge in [-0.2, -0.15) is 0 Å². The predicted molar refractivity (Wildman–Crippen MR) is 94.4 cm³/mol. The zero-order valence-electron chi connectivity index (χ0n) is 13.0. The highest BCUT2D eigenvalue weighted by Gasteiger charge is 2.10. The number of benzene rings is 1. The highest BCUT2D eigenvalue weighted by atomic mass is 79.9. The van der Waals surface area contributed by atoms with Gasteiger partial charge in [-0.05, 0) is 66.0 Å². The third kappa shape index (κ3) is 4.31. The molecular formula is C17H20BrN3O. The maximum atomic E-state index is 12.4. The molecule has 0 radical (unpaired) electrons. The van der Waals surface area contributed by atoms with Gasteiger partial charge in [0.2, 0.25) is 0 Å². The van der Waals surface area contributed by atoms with Gasteiger partial charge in [0.15, 0.2) is 0 Å². The number of rotatable bonds is 5. The van der Waals surface area contributed by atoms with Crippen molar-refractivity contribution in [3.63, 3.8) is 0 Å². The first kappa shape index (κ1) is 16.5. The van der Waals surface area contributed by atoms with E-state index in [1.807, 2.05) is 25.1 Å². The Bertz CT molecular complexity index is 673. The third-order valence-corrected chi connectivity index (χ3v) is 4.06. The van der Waals surface area contributed by atoms with Gasteiger partial charge < -0.3 is 10.6 Å². The lowest BCUT2D eigenvalue weighted by Crippen LogP contribution is -2.16. The number of hydrogen-bond donors (Lipinski definition) is 2. The molecule has 5 heteroatoms. The minimum absolute atomic E-state index is 0.154. The van der Waals surface area contributed by atoms with Crippen LogP contribution in [0.2, 0.25) is 0 Å². The van der Waals surface area contributed by atoms with Crippen LogP contribution in [0.4, 0.5) is 11.5 Å². The summed E-state index contributed by atoms with van der Waals surface area (Å²) >= 11 is 3.47. The molecule has 0 aliphatic carbocycles. The molecule has 1 aromatic heterocycles. The molecule has 0 spiro atoms. The third-order valence-electron chi connectivity index (χ3n) is 3.40. The first-order valence-corrected chi connectivity index (χ1v) is 8.09. The molecule has 0 saturated carbocycles. The number of amides is 1. The molecule has 0 fully saturated rings. The lowest BCUT2D eigenvalue weighted by Gasteiger charge is -2.13. The number of anilines is 2. The summed E-state index contributed by atoms with van der Waals surface area (Å²) in [6.45, 7) is 6.19. The number of carbonyl (C=O) groups excluding carboxylic acids is 1. The molecule has 2 N–H and O–H groups in total. The molecule has 0 aliphatic rings.